The van der Waals surface area contributed by atoms with Crippen LogP contribution in [-0.4, -0.2) is 12.5 Å². The summed E-state index contributed by atoms with van der Waals surface area (Å²) in [6, 6.07) is 3.32. The molecule has 1 fully saturated rings. The monoisotopic (exact) mass is 238 g/mol. The first-order chi connectivity index (χ1) is 7.77. The van der Waals surface area contributed by atoms with Crippen LogP contribution in [0.25, 0.3) is 0 Å². The molecule has 1 atom stereocenters. The fourth-order valence-electron chi connectivity index (χ4n) is 1.89. The third-order valence-corrected chi connectivity index (χ3v) is 4.16. The molecule has 1 aliphatic rings. The minimum atomic E-state index is -0.499. The molecule has 3 nitrogen and oxygen atoms in total. The van der Waals surface area contributed by atoms with Gasteiger partial charge in [0.2, 0.25) is 5.91 Å². The molecular formula is C12H18N2OS. The molecule has 88 valence electrons. The van der Waals surface area contributed by atoms with Crippen molar-refractivity contribution in [2.75, 3.05) is 6.54 Å². The normalized spacial score (nSPS) is 17.8. The third-order valence-electron chi connectivity index (χ3n) is 3.21. The summed E-state index contributed by atoms with van der Waals surface area (Å²) in [4.78, 5) is 12.6. The van der Waals surface area contributed by atoms with Crippen LogP contribution in [-0.2, 0) is 4.79 Å². The molecule has 1 heterocycles. The largest absolute Gasteiger partial charge is 0.354 e. The van der Waals surface area contributed by atoms with Crippen molar-refractivity contribution in [1.82, 2.24) is 5.32 Å². The Bertz CT molecular complexity index is 333. The summed E-state index contributed by atoms with van der Waals surface area (Å²) in [5.41, 5.74) is 5.84. The lowest BCUT2D eigenvalue weighted by molar-refractivity contribution is -0.122. The Morgan fingerprint density at radius 1 is 1.62 bits per heavy atom. The predicted octanol–water partition coefficient (Wildman–Crippen LogP) is 2.05. The molecule has 4 heteroatoms. The number of rotatable bonds is 5. The van der Waals surface area contributed by atoms with Gasteiger partial charge in [-0.1, -0.05) is 25.3 Å². The van der Waals surface area contributed by atoms with Crippen LogP contribution >= 0.6 is 11.3 Å². The van der Waals surface area contributed by atoms with Gasteiger partial charge in [-0.25, -0.2) is 0 Å². The lowest BCUT2D eigenvalue weighted by atomic mass is 9.83. The van der Waals surface area contributed by atoms with Gasteiger partial charge in [-0.2, -0.15) is 0 Å². The zero-order valence-electron chi connectivity index (χ0n) is 9.32. The van der Waals surface area contributed by atoms with Gasteiger partial charge >= 0.3 is 0 Å². The Labute approximate surface area is 100 Å². The highest BCUT2D eigenvalue weighted by Gasteiger charge is 2.19. The number of nitrogens with two attached hydrogens (primary N) is 1. The first kappa shape index (κ1) is 11.6. The highest BCUT2D eigenvalue weighted by molar-refractivity contribution is 7.10. The molecule has 0 bridgehead atoms. The van der Waals surface area contributed by atoms with Crippen LogP contribution in [0.4, 0.5) is 0 Å². The zero-order valence-corrected chi connectivity index (χ0v) is 10.1. The summed E-state index contributed by atoms with van der Waals surface area (Å²) < 4.78 is 0. The zero-order chi connectivity index (χ0) is 11.4. The van der Waals surface area contributed by atoms with Crippen LogP contribution in [0.3, 0.4) is 0 Å². The number of nitrogens with one attached hydrogen (secondary N) is 1. The highest BCUT2D eigenvalue weighted by atomic mass is 32.1. The van der Waals surface area contributed by atoms with E-state index in [9.17, 15) is 4.79 Å². The van der Waals surface area contributed by atoms with E-state index >= 15 is 0 Å². The van der Waals surface area contributed by atoms with E-state index in [1.807, 2.05) is 17.5 Å². The van der Waals surface area contributed by atoms with Crippen molar-refractivity contribution in [3.05, 3.63) is 22.4 Å². The van der Waals surface area contributed by atoms with E-state index in [-0.39, 0.29) is 5.91 Å². The Morgan fingerprint density at radius 2 is 2.44 bits per heavy atom. The van der Waals surface area contributed by atoms with Gasteiger partial charge in [-0.05, 0) is 23.8 Å². The number of hydrogen-bond donors (Lipinski definition) is 2. The van der Waals surface area contributed by atoms with Crippen LogP contribution in [0.15, 0.2) is 17.5 Å². The SMILES string of the molecule is NC(C(=O)NCCC1CCC1)c1cccs1. The standard InChI is InChI=1S/C12H18N2OS/c13-11(10-5-2-8-16-10)12(15)14-7-6-9-3-1-4-9/h2,5,8-9,11H,1,3-4,6-7,13H2,(H,14,15). The molecule has 1 aromatic rings. The molecule has 2 rings (SSSR count). The minimum Gasteiger partial charge on any atom is -0.354 e. The minimum absolute atomic E-state index is 0.0539. The number of hydrogen-bond acceptors (Lipinski definition) is 3. The number of carbonyl (C=O) groups excluding carboxylic acids is 1. The summed E-state index contributed by atoms with van der Waals surface area (Å²) >= 11 is 1.53. The quantitative estimate of drug-likeness (QED) is 0.825. The van der Waals surface area contributed by atoms with E-state index in [1.54, 1.807) is 0 Å². The van der Waals surface area contributed by atoms with E-state index in [0.29, 0.717) is 0 Å². The van der Waals surface area contributed by atoms with Gasteiger partial charge in [0.25, 0.3) is 0 Å². The maximum atomic E-state index is 11.7. The molecule has 1 aromatic heterocycles. The smallest absolute Gasteiger partial charge is 0.242 e. The Hall–Kier alpha value is -0.870. The molecular weight excluding hydrogens is 220 g/mol. The molecule has 1 amide bonds. The Balaban J connectivity index is 1.70. The molecule has 1 unspecified atom stereocenters. The predicted molar refractivity (Wildman–Crippen MR) is 66.2 cm³/mol. The summed E-state index contributed by atoms with van der Waals surface area (Å²) in [7, 11) is 0. The van der Waals surface area contributed by atoms with Crippen molar-refractivity contribution < 1.29 is 4.79 Å². The Kier molecular flexibility index (Phi) is 3.96. The summed E-state index contributed by atoms with van der Waals surface area (Å²) in [5.74, 6) is 0.778. The molecule has 0 saturated heterocycles. The average Bonchev–Trinajstić information content (AvgIpc) is 2.73. The topological polar surface area (TPSA) is 55.1 Å². The first-order valence-electron chi connectivity index (χ1n) is 5.84. The molecule has 0 radical (unpaired) electrons. The second-order valence-corrected chi connectivity index (χ2v) is 5.35. The van der Waals surface area contributed by atoms with E-state index in [4.69, 9.17) is 5.73 Å². The number of thiophene rings is 1. The third kappa shape index (κ3) is 2.83. The van der Waals surface area contributed by atoms with Gasteiger partial charge < -0.3 is 11.1 Å². The Morgan fingerprint density at radius 3 is 3.00 bits per heavy atom. The van der Waals surface area contributed by atoms with Crippen molar-refractivity contribution in [2.24, 2.45) is 11.7 Å². The summed E-state index contributed by atoms with van der Waals surface area (Å²) in [5, 5.41) is 4.85. The van der Waals surface area contributed by atoms with Gasteiger partial charge in [0.05, 0.1) is 0 Å². The van der Waals surface area contributed by atoms with Crippen LogP contribution in [0.1, 0.15) is 36.6 Å². The average molecular weight is 238 g/mol. The van der Waals surface area contributed by atoms with Gasteiger partial charge in [-0.3, -0.25) is 4.79 Å². The number of carbonyl (C=O) groups is 1. The fraction of sp³-hybridized carbons (Fsp3) is 0.583. The second-order valence-electron chi connectivity index (χ2n) is 4.37. The van der Waals surface area contributed by atoms with E-state index < -0.39 is 6.04 Å². The number of amides is 1. The van der Waals surface area contributed by atoms with Crippen molar-refractivity contribution in [3.63, 3.8) is 0 Å². The van der Waals surface area contributed by atoms with Crippen molar-refractivity contribution >= 4 is 17.2 Å². The van der Waals surface area contributed by atoms with Crippen molar-refractivity contribution in [3.8, 4) is 0 Å². The van der Waals surface area contributed by atoms with E-state index in [0.717, 1.165) is 23.8 Å². The maximum Gasteiger partial charge on any atom is 0.242 e. The first-order valence-corrected chi connectivity index (χ1v) is 6.72. The van der Waals surface area contributed by atoms with Crippen molar-refractivity contribution in [2.45, 2.75) is 31.7 Å². The van der Waals surface area contributed by atoms with Gasteiger partial charge in [0, 0.05) is 11.4 Å². The van der Waals surface area contributed by atoms with Crippen LogP contribution in [0.2, 0.25) is 0 Å². The molecule has 16 heavy (non-hydrogen) atoms. The van der Waals surface area contributed by atoms with Gasteiger partial charge in [0.1, 0.15) is 6.04 Å². The van der Waals surface area contributed by atoms with Crippen molar-refractivity contribution in [1.29, 1.82) is 0 Å². The molecule has 3 N–H and O–H groups in total. The molecule has 0 aromatic carbocycles. The van der Waals surface area contributed by atoms with Gasteiger partial charge in [-0.15, -0.1) is 11.3 Å². The summed E-state index contributed by atoms with van der Waals surface area (Å²) in [6.45, 7) is 0.766. The van der Waals surface area contributed by atoms with Crippen LogP contribution in [0.5, 0.6) is 0 Å². The molecule has 0 aliphatic heterocycles. The lowest BCUT2D eigenvalue weighted by Crippen LogP contribution is -2.35. The molecule has 1 aliphatic carbocycles. The van der Waals surface area contributed by atoms with E-state index in [2.05, 4.69) is 5.32 Å². The lowest BCUT2D eigenvalue weighted by Gasteiger charge is -2.25. The highest BCUT2D eigenvalue weighted by Crippen LogP contribution is 2.28. The van der Waals surface area contributed by atoms with E-state index in [1.165, 1.54) is 30.6 Å². The molecule has 0 spiro atoms. The second kappa shape index (κ2) is 5.46. The van der Waals surface area contributed by atoms with Crippen LogP contribution in [0, 0.1) is 5.92 Å². The fourth-order valence-corrected chi connectivity index (χ4v) is 2.61. The molecule has 1 saturated carbocycles. The van der Waals surface area contributed by atoms with Crippen LogP contribution < -0.4 is 11.1 Å². The summed E-state index contributed by atoms with van der Waals surface area (Å²) in [6.07, 6.45) is 5.11. The van der Waals surface area contributed by atoms with Gasteiger partial charge in [0.15, 0.2) is 0 Å². The maximum absolute atomic E-state index is 11.7.